The number of hydrogen-bond acceptors (Lipinski definition) is 2. The highest BCUT2D eigenvalue weighted by Gasteiger charge is 2.24. The molecule has 0 aliphatic carbocycles. The van der Waals surface area contributed by atoms with Crippen LogP contribution in [0.5, 0.6) is 0 Å². The minimum absolute atomic E-state index is 0.714. The molecule has 0 saturated carbocycles. The molecule has 1 unspecified atom stereocenters. The van der Waals surface area contributed by atoms with Crippen LogP contribution in [-0.4, -0.2) is 47.3 Å². The molecule has 3 rings (SSSR count). The molecule has 0 bridgehead atoms. The molecule has 0 radical (unpaired) electrons. The van der Waals surface area contributed by atoms with Gasteiger partial charge >= 0.3 is 0 Å². The second-order valence-electron chi connectivity index (χ2n) is 7.27. The molecule has 1 N–H and O–H groups in total. The Balaban J connectivity index is 1.42. The molecule has 5 nitrogen and oxygen atoms in total. The Labute approximate surface area is 157 Å². The molecule has 1 fully saturated rings. The van der Waals surface area contributed by atoms with Crippen molar-refractivity contribution in [2.45, 2.75) is 39.7 Å². The fourth-order valence-electron chi connectivity index (χ4n) is 3.80. The molecular weight excluding hydrogens is 322 g/mol. The topological polar surface area (TPSA) is 45.5 Å². The van der Waals surface area contributed by atoms with Crippen molar-refractivity contribution < 1.29 is 0 Å². The molecule has 1 aromatic carbocycles. The number of rotatable bonds is 6. The predicted molar refractivity (Wildman–Crippen MR) is 108 cm³/mol. The van der Waals surface area contributed by atoms with Crippen LogP contribution >= 0.6 is 0 Å². The second-order valence-corrected chi connectivity index (χ2v) is 7.27. The van der Waals surface area contributed by atoms with Crippen LogP contribution in [0.1, 0.15) is 29.8 Å². The Kier molecular flexibility index (Phi) is 6.31. The molecule has 1 saturated heterocycles. The second kappa shape index (κ2) is 8.88. The van der Waals surface area contributed by atoms with Gasteiger partial charge in [-0.2, -0.15) is 5.10 Å². The third kappa shape index (κ3) is 4.87. The highest BCUT2D eigenvalue weighted by atomic mass is 15.3. The average Bonchev–Trinajstić information content (AvgIpc) is 3.22. The van der Waals surface area contributed by atoms with Crippen molar-refractivity contribution in [2.24, 2.45) is 10.9 Å². The quantitative estimate of drug-likeness (QED) is 0.493. The van der Waals surface area contributed by atoms with E-state index in [1.54, 1.807) is 0 Å². The van der Waals surface area contributed by atoms with E-state index in [9.17, 15) is 0 Å². The summed E-state index contributed by atoms with van der Waals surface area (Å²) < 4.78 is 2.09. The fourth-order valence-corrected chi connectivity index (χ4v) is 3.80. The normalized spacial score (nSPS) is 17.7. The Hall–Kier alpha value is -2.30. The van der Waals surface area contributed by atoms with E-state index in [2.05, 4.69) is 68.3 Å². The first kappa shape index (κ1) is 18.5. The lowest BCUT2D eigenvalue weighted by molar-refractivity contribution is 0.456. The Morgan fingerprint density at radius 1 is 1.27 bits per heavy atom. The number of aryl methyl sites for hydroxylation is 3. The zero-order chi connectivity index (χ0) is 18.4. The number of aromatic nitrogens is 2. The first-order valence-electron chi connectivity index (χ1n) is 9.66. The van der Waals surface area contributed by atoms with Gasteiger partial charge in [0.15, 0.2) is 5.96 Å². The van der Waals surface area contributed by atoms with Crippen LogP contribution in [0.15, 0.2) is 41.4 Å². The van der Waals surface area contributed by atoms with Crippen molar-refractivity contribution in [3.05, 3.63) is 53.3 Å². The molecule has 0 amide bonds. The van der Waals surface area contributed by atoms with Crippen LogP contribution in [0.2, 0.25) is 0 Å². The highest BCUT2D eigenvalue weighted by Crippen LogP contribution is 2.20. The van der Waals surface area contributed by atoms with Gasteiger partial charge in [-0.1, -0.05) is 30.3 Å². The lowest BCUT2D eigenvalue weighted by atomic mass is 9.99. The first-order valence-corrected chi connectivity index (χ1v) is 9.66. The minimum atomic E-state index is 0.714. The third-order valence-electron chi connectivity index (χ3n) is 5.10. The summed E-state index contributed by atoms with van der Waals surface area (Å²) in [5, 5.41) is 8.05. The SMILES string of the molecule is CN=C(NCCCn1nc(C)cc1C)N1CCC(Cc2ccccc2)C1. The van der Waals surface area contributed by atoms with E-state index in [1.807, 2.05) is 14.0 Å². The van der Waals surface area contributed by atoms with Crippen LogP contribution in [0, 0.1) is 19.8 Å². The first-order chi connectivity index (χ1) is 12.7. The van der Waals surface area contributed by atoms with Gasteiger partial charge in [-0.05, 0) is 50.7 Å². The Morgan fingerprint density at radius 3 is 2.77 bits per heavy atom. The number of nitrogens with zero attached hydrogens (tertiary/aromatic N) is 4. The summed E-state index contributed by atoms with van der Waals surface area (Å²) in [4.78, 5) is 6.89. The lowest BCUT2D eigenvalue weighted by Crippen LogP contribution is -2.40. The maximum atomic E-state index is 4.52. The Bertz CT molecular complexity index is 719. The van der Waals surface area contributed by atoms with E-state index in [-0.39, 0.29) is 0 Å². The summed E-state index contributed by atoms with van der Waals surface area (Å²) in [5.74, 6) is 1.75. The van der Waals surface area contributed by atoms with Crippen LogP contribution in [0.4, 0.5) is 0 Å². The van der Waals surface area contributed by atoms with Crippen molar-refractivity contribution in [1.82, 2.24) is 20.0 Å². The maximum Gasteiger partial charge on any atom is 0.193 e. The molecule has 26 heavy (non-hydrogen) atoms. The number of guanidine groups is 1. The van der Waals surface area contributed by atoms with E-state index >= 15 is 0 Å². The molecule has 2 heterocycles. The van der Waals surface area contributed by atoms with Crippen molar-refractivity contribution in [3.8, 4) is 0 Å². The molecule has 1 aliphatic rings. The lowest BCUT2D eigenvalue weighted by Gasteiger charge is -2.22. The van der Waals surface area contributed by atoms with Gasteiger partial charge < -0.3 is 10.2 Å². The van der Waals surface area contributed by atoms with E-state index in [4.69, 9.17) is 0 Å². The standard InChI is InChI=1S/C21H31N5/c1-17-14-18(2)26(24-17)12-7-11-23-21(22-3)25-13-10-20(16-25)15-19-8-5-4-6-9-19/h4-6,8-9,14,20H,7,10-13,15-16H2,1-3H3,(H,22,23). The zero-order valence-electron chi connectivity index (χ0n) is 16.3. The minimum Gasteiger partial charge on any atom is -0.356 e. The van der Waals surface area contributed by atoms with Crippen molar-refractivity contribution >= 4 is 5.96 Å². The van der Waals surface area contributed by atoms with Crippen molar-refractivity contribution in [3.63, 3.8) is 0 Å². The van der Waals surface area contributed by atoms with Crippen molar-refractivity contribution in [1.29, 1.82) is 0 Å². The summed E-state index contributed by atoms with van der Waals surface area (Å²) in [6, 6.07) is 12.9. The van der Waals surface area contributed by atoms with Gasteiger partial charge in [-0.3, -0.25) is 9.67 Å². The largest absolute Gasteiger partial charge is 0.356 e. The highest BCUT2D eigenvalue weighted by molar-refractivity contribution is 5.80. The summed E-state index contributed by atoms with van der Waals surface area (Å²) in [6.45, 7) is 8.21. The average molecular weight is 354 g/mol. The summed E-state index contributed by atoms with van der Waals surface area (Å²) in [6.07, 6.45) is 3.44. The van der Waals surface area contributed by atoms with Gasteiger partial charge in [-0.15, -0.1) is 0 Å². The van der Waals surface area contributed by atoms with Gasteiger partial charge in [0.25, 0.3) is 0 Å². The predicted octanol–water partition coefficient (Wildman–Crippen LogP) is 3.03. The molecule has 1 atom stereocenters. The molecule has 140 valence electrons. The maximum absolute atomic E-state index is 4.52. The number of hydrogen-bond donors (Lipinski definition) is 1. The number of nitrogens with one attached hydrogen (secondary N) is 1. The number of likely N-dealkylation sites (tertiary alicyclic amines) is 1. The number of benzene rings is 1. The van der Waals surface area contributed by atoms with Gasteiger partial charge in [0.1, 0.15) is 0 Å². The molecule has 5 heteroatoms. The van der Waals surface area contributed by atoms with E-state index in [0.717, 1.165) is 50.7 Å². The molecule has 0 spiro atoms. The van der Waals surface area contributed by atoms with E-state index in [0.29, 0.717) is 5.92 Å². The number of aliphatic imine (C=N–C) groups is 1. The fraction of sp³-hybridized carbons (Fsp3) is 0.524. The van der Waals surface area contributed by atoms with Gasteiger partial charge in [0, 0.05) is 38.9 Å². The van der Waals surface area contributed by atoms with Gasteiger partial charge in [0.05, 0.1) is 5.69 Å². The zero-order valence-corrected chi connectivity index (χ0v) is 16.3. The van der Waals surface area contributed by atoms with E-state index < -0.39 is 0 Å². The van der Waals surface area contributed by atoms with Crippen molar-refractivity contribution in [2.75, 3.05) is 26.7 Å². The van der Waals surface area contributed by atoms with Crippen LogP contribution < -0.4 is 5.32 Å². The van der Waals surface area contributed by atoms with E-state index in [1.165, 1.54) is 17.7 Å². The Morgan fingerprint density at radius 2 is 2.08 bits per heavy atom. The molecule has 1 aromatic heterocycles. The molecule has 2 aromatic rings. The van der Waals surface area contributed by atoms with Crippen LogP contribution in [0.25, 0.3) is 0 Å². The van der Waals surface area contributed by atoms with Gasteiger partial charge in [-0.25, -0.2) is 0 Å². The summed E-state index contributed by atoms with van der Waals surface area (Å²) in [5.41, 5.74) is 3.76. The summed E-state index contributed by atoms with van der Waals surface area (Å²) >= 11 is 0. The van der Waals surface area contributed by atoms with Crippen LogP contribution in [0.3, 0.4) is 0 Å². The van der Waals surface area contributed by atoms with Crippen LogP contribution in [-0.2, 0) is 13.0 Å². The van der Waals surface area contributed by atoms with Gasteiger partial charge in [0.2, 0.25) is 0 Å². The smallest absolute Gasteiger partial charge is 0.193 e. The summed E-state index contributed by atoms with van der Waals surface area (Å²) in [7, 11) is 1.88. The monoisotopic (exact) mass is 353 g/mol. The molecular formula is C21H31N5. The third-order valence-corrected chi connectivity index (χ3v) is 5.10. The molecule has 1 aliphatic heterocycles.